The number of carbonyl (C=O) groups excluding carboxylic acids is 1. The molecule has 3 rings (SSSR count). The molecule has 1 aliphatic rings. The third-order valence-corrected chi connectivity index (χ3v) is 7.51. The van der Waals surface area contributed by atoms with Crippen molar-refractivity contribution in [3.05, 3.63) is 64.4 Å². The lowest BCUT2D eigenvalue weighted by Crippen LogP contribution is -2.38. The van der Waals surface area contributed by atoms with Crippen molar-refractivity contribution in [2.24, 2.45) is 5.92 Å². The molecule has 1 aliphatic carbocycles. The van der Waals surface area contributed by atoms with Crippen LogP contribution in [0, 0.1) is 11.7 Å². The highest BCUT2D eigenvalue weighted by molar-refractivity contribution is 7.91. The van der Waals surface area contributed by atoms with E-state index in [-0.39, 0.29) is 33.2 Å². The predicted molar refractivity (Wildman–Crippen MR) is 108 cm³/mol. The molecule has 2 aromatic carbocycles. The smallest absolute Gasteiger partial charge is 0.349 e. The van der Waals surface area contributed by atoms with Crippen LogP contribution in [0.4, 0.5) is 17.6 Å². The van der Waals surface area contributed by atoms with Crippen LogP contribution in [0.15, 0.2) is 47.4 Å². The minimum Gasteiger partial charge on any atom is -0.349 e. The van der Waals surface area contributed by atoms with Crippen molar-refractivity contribution in [2.75, 3.05) is 5.75 Å². The Morgan fingerprint density at radius 2 is 1.74 bits per heavy atom. The van der Waals surface area contributed by atoms with Crippen LogP contribution in [0.2, 0.25) is 5.02 Å². The molecule has 168 valence electrons. The number of hydrogen-bond acceptors (Lipinski definition) is 3. The Morgan fingerprint density at radius 1 is 1.06 bits per heavy atom. The van der Waals surface area contributed by atoms with Crippen LogP contribution in [-0.4, -0.2) is 26.1 Å². The molecular weight excluding hydrogens is 458 g/mol. The molecule has 0 heterocycles. The van der Waals surface area contributed by atoms with Crippen molar-refractivity contribution in [2.45, 2.75) is 42.8 Å². The van der Waals surface area contributed by atoms with E-state index in [0.717, 1.165) is 18.2 Å². The third kappa shape index (κ3) is 5.98. The molecule has 1 amide bonds. The summed E-state index contributed by atoms with van der Waals surface area (Å²) in [7, 11) is -3.87. The van der Waals surface area contributed by atoms with Crippen LogP contribution in [0.1, 0.15) is 41.6 Å². The fraction of sp³-hybridized carbons (Fsp3) is 0.381. The number of amides is 1. The third-order valence-electron chi connectivity index (χ3n) is 5.34. The van der Waals surface area contributed by atoms with Crippen LogP contribution < -0.4 is 5.32 Å². The molecule has 0 aromatic heterocycles. The SMILES string of the molecule is O=C(N[C@H]1CC[C@H](CS(=O)(=O)c2cccc(C(F)(F)F)c2)CC1)c1ccc(F)c(Cl)c1. The Labute approximate surface area is 182 Å². The monoisotopic (exact) mass is 477 g/mol. The van der Waals surface area contributed by atoms with E-state index in [4.69, 9.17) is 11.6 Å². The number of rotatable bonds is 5. The van der Waals surface area contributed by atoms with Gasteiger partial charge in [0.05, 0.1) is 21.2 Å². The lowest BCUT2D eigenvalue weighted by molar-refractivity contribution is -0.137. The lowest BCUT2D eigenvalue weighted by Gasteiger charge is -2.29. The number of carbonyl (C=O) groups is 1. The van der Waals surface area contributed by atoms with Crippen molar-refractivity contribution in [1.29, 1.82) is 0 Å². The number of alkyl halides is 3. The molecule has 2 aromatic rings. The van der Waals surface area contributed by atoms with E-state index < -0.39 is 33.3 Å². The molecule has 1 N–H and O–H groups in total. The van der Waals surface area contributed by atoms with Gasteiger partial charge in [0, 0.05) is 11.6 Å². The Balaban J connectivity index is 1.57. The fourth-order valence-electron chi connectivity index (χ4n) is 3.65. The van der Waals surface area contributed by atoms with Crippen molar-refractivity contribution in [3.63, 3.8) is 0 Å². The van der Waals surface area contributed by atoms with Gasteiger partial charge in [0.15, 0.2) is 9.84 Å². The highest BCUT2D eigenvalue weighted by atomic mass is 35.5. The van der Waals surface area contributed by atoms with Gasteiger partial charge in [0.1, 0.15) is 5.82 Å². The van der Waals surface area contributed by atoms with E-state index in [0.29, 0.717) is 31.7 Å². The Bertz CT molecular complexity index is 1060. The van der Waals surface area contributed by atoms with Gasteiger partial charge in [-0.25, -0.2) is 12.8 Å². The van der Waals surface area contributed by atoms with Crippen LogP contribution in [-0.2, 0) is 16.0 Å². The molecule has 1 saturated carbocycles. The molecule has 0 aliphatic heterocycles. The molecule has 0 saturated heterocycles. The maximum atomic E-state index is 13.2. The molecule has 0 atom stereocenters. The zero-order chi connectivity index (χ0) is 22.8. The Hall–Kier alpha value is -2.13. The van der Waals surface area contributed by atoms with E-state index in [2.05, 4.69) is 5.32 Å². The second-order valence-electron chi connectivity index (χ2n) is 7.63. The fourth-order valence-corrected chi connectivity index (χ4v) is 5.57. The first kappa shape index (κ1) is 23.5. The number of nitrogens with one attached hydrogen (secondary N) is 1. The maximum absolute atomic E-state index is 13.2. The van der Waals surface area contributed by atoms with Crippen molar-refractivity contribution >= 4 is 27.3 Å². The molecule has 0 spiro atoms. The Kier molecular flexibility index (Phi) is 6.95. The van der Waals surface area contributed by atoms with Crippen LogP contribution >= 0.6 is 11.6 Å². The zero-order valence-electron chi connectivity index (χ0n) is 16.3. The second kappa shape index (κ2) is 9.16. The van der Waals surface area contributed by atoms with E-state index in [9.17, 15) is 30.8 Å². The molecule has 4 nitrogen and oxygen atoms in total. The van der Waals surface area contributed by atoms with E-state index >= 15 is 0 Å². The van der Waals surface area contributed by atoms with Crippen molar-refractivity contribution < 1.29 is 30.8 Å². The lowest BCUT2D eigenvalue weighted by atomic mass is 9.87. The van der Waals surface area contributed by atoms with Gasteiger partial charge < -0.3 is 5.32 Å². The standard InChI is InChI=1S/C21H20ClF4NO3S/c22-18-10-14(6-9-19(18)23)20(28)27-16-7-4-13(5-8-16)12-31(29,30)17-3-1-2-15(11-17)21(24,25)26/h1-3,6,9-11,13,16H,4-5,7-8,12H2,(H,27,28)/t13-,16-. The molecule has 0 unspecified atom stereocenters. The average molecular weight is 478 g/mol. The molecule has 1 fully saturated rings. The summed E-state index contributed by atoms with van der Waals surface area (Å²) in [6, 6.07) is 7.24. The van der Waals surface area contributed by atoms with Crippen molar-refractivity contribution in [1.82, 2.24) is 5.32 Å². The summed E-state index contributed by atoms with van der Waals surface area (Å²) in [5.74, 6) is -1.49. The molecule has 31 heavy (non-hydrogen) atoms. The zero-order valence-corrected chi connectivity index (χ0v) is 17.8. The minimum atomic E-state index is -4.61. The predicted octanol–water partition coefficient (Wildman–Crippen LogP) is 5.26. The number of halogens is 5. The summed E-state index contributed by atoms with van der Waals surface area (Å²) in [6.07, 6.45) is -2.54. The molecular formula is C21H20ClF4NO3S. The van der Waals surface area contributed by atoms with Crippen LogP contribution in [0.25, 0.3) is 0 Å². The summed E-state index contributed by atoms with van der Waals surface area (Å²) in [5.41, 5.74) is -0.776. The first-order valence-electron chi connectivity index (χ1n) is 9.61. The second-order valence-corrected chi connectivity index (χ2v) is 10.1. The molecule has 0 bridgehead atoms. The molecule has 10 heteroatoms. The number of sulfone groups is 1. The van der Waals surface area contributed by atoms with Gasteiger partial charge in [0.2, 0.25) is 0 Å². The summed E-state index contributed by atoms with van der Waals surface area (Å²) in [4.78, 5) is 12.0. The van der Waals surface area contributed by atoms with Gasteiger partial charge in [-0.05, 0) is 68.0 Å². The quantitative estimate of drug-likeness (QED) is 0.597. The summed E-state index contributed by atoms with van der Waals surface area (Å²) >= 11 is 5.69. The summed E-state index contributed by atoms with van der Waals surface area (Å²) < 4.78 is 77.1. The number of benzene rings is 2. The largest absolute Gasteiger partial charge is 0.416 e. The van der Waals surface area contributed by atoms with E-state index in [1.165, 1.54) is 18.2 Å². The normalized spacial score (nSPS) is 19.8. The van der Waals surface area contributed by atoms with Gasteiger partial charge >= 0.3 is 6.18 Å². The van der Waals surface area contributed by atoms with Gasteiger partial charge in [-0.2, -0.15) is 13.2 Å². The van der Waals surface area contributed by atoms with Crippen molar-refractivity contribution in [3.8, 4) is 0 Å². The van der Waals surface area contributed by atoms with Crippen LogP contribution in [0.3, 0.4) is 0 Å². The van der Waals surface area contributed by atoms with Gasteiger partial charge in [0.25, 0.3) is 5.91 Å². The minimum absolute atomic E-state index is 0.156. The summed E-state index contributed by atoms with van der Waals surface area (Å²) in [5, 5.41) is 2.67. The van der Waals surface area contributed by atoms with Gasteiger partial charge in [-0.3, -0.25) is 4.79 Å². The number of hydrogen-bond donors (Lipinski definition) is 1. The summed E-state index contributed by atoms with van der Waals surface area (Å²) in [6.45, 7) is 0. The van der Waals surface area contributed by atoms with E-state index in [1.807, 2.05) is 0 Å². The first-order valence-corrected chi connectivity index (χ1v) is 11.6. The highest BCUT2D eigenvalue weighted by Gasteiger charge is 2.33. The average Bonchev–Trinajstić information content (AvgIpc) is 2.71. The highest BCUT2D eigenvalue weighted by Crippen LogP contribution is 2.32. The van der Waals surface area contributed by atoms with Crippen LogP contribution in [0.5, 0.6) is 0 Å². The van der Waals surface area contributed by atoms with Gasteiger partial charge in [-0.15, -0.1) is 0 Å². The topological polar surface area (TPSA) is 63.2 Å². The Morgan fingerprint density at radius 3 is 2.35 bits per heavy atom. The van der Waals surface area contributed by atoms with E-state index in [1.54, 1.807) is 0 Å². The molecule has 0 radical (unpaired) electrons. The maximum Gasteiger partial charge on any atom is 0.416 e. The first-order chi connectivity index (χ1) is 14.5. The van der Waals surface area contributed by atoms with Gasteiger partial charge in [-0.1, -0.05) is 17.7 Å².